The van der Waals surface area contributed by atoms with Crippen LogP contribution in [0.1, 0.15) is 59.6 Å². The predicted octanol–water partition coefficient (Wildman–Crippen LogP) is 4.47. The number of carbonyl (C=O) groups is 2. The molecule has 0 saturated heterocycles. The molecule has 0 saturated carbocycles. The lowest BCUT2D eigenvalue weighted by atomic mass is 9.93. The topological polar surface area (TPSA) is 92.0 Å². The number of esters is 2. The molecular weight excluding hydrogens is 400 g/mol. The van der Waals surface area contributed by atoms with E-state index in [1.807, 2.05) is 6.92 Å². The predicted molar refractivity (Wildman–Crippen MR) is 115 cm³/mol. The zero-order chi connectivity index (χ0) is 22.9. The molecule has 31 heavy (non-hydrogen) atoms. The third kappa shape index (κ3) is 4.81. The number of rotatable bonds is 6. The van der Waals surface area contributed by atoms with Gasteiger partial charge in [-0.25, -0.2) is 9.59 Å². The number of fused-ring (bicyclic) bond motifs is 2. The van der Waals surface area contributed by atoms with E-state index in [-0.39, 0.29) is 11.9 Å². The lowest BCUT2D eigenvalue weighted by Crippen LogP contribution is -2.47. The highest BCUT2D eigenvalue weighted by Crippen LogP contribution is 2.45. The molecule has 0 N–H and O–H groups in total. The quantitative estimate of drug-likeness (QED) is 0.381. The summed E-state index contributed by atoms with van der Waals surface area (Å²) in [5, 5.41) is 0.667. The van der Waals surface area contributed by atoms with Crippen molar-refractivity contribution in [1.82, 2.24) is 0 Å². The molecule has 3 atom stereocenters. The van der Waals surface area contributed by atoms with Crippen molar-refractivity contribution in [2.24, 2.45) is 5.92 Å². The van der Waals surface area contributed by atoms with Gasteiger partial charge >= 0.3 is 17.6 Å². The lowest BCUT2D eigenvalue weighted by Gasteiger charge is -2.34. The van der Waals surface area contributed by atoms with Crippen molar-refractivity contribution in [3.63, 3.8) is 0 Å². The summed E-state index contributed by atoms with van der Waals surface area (Å²) in [6, 6.07) is 6.32. The van der Waals surface area contributed by atoms with E-state index in [0.29, 0.717) is 28.7 Å². The Morgan fingerprint density at radius 1 is 1.23 bits per heavy atom. The van der Waals surface area contributed by atoms with E-state index in [2.05, 4.69) is 0 Å². The fraction of sp³-hybridized carbons (Fsp3) is 0.458. The van der Waals surface area contributed by atoms with Gasteiger partial charge in [0.1, 0.15) is 16.9 Å². The highest BCUT2D eigenvalue weighted by Gasteiger charge is 2.49. The van der Waals surface area contributed by atoms with Crippen molar-refractivity contribution < 1.29 is 28.2 Å². The summed E-state index contributed by atoms with van der Waals surface area (Å²) in [4.78, 5) is 36.5. The van der Waals surface area contributed by atoms with Gasteiger partial charge in [-0.05, 0) is 46.2 Å². The molecule has 7 nitrogen and oxygen atoms in total. The maximum absolute atomic E-state index is 12.5. The van der Waals surface area contributed by atoms with E-state index in [4.69, 9.17) is 18.6 Å². The van der Waals surface area contributed by atoms with Crippen LogP contribution in [0.3, 0.4) is 0 Å². The van der Waals surface area contributed by atoms with Crippen LogP contribution in [-0.4, -0.2) is 23.6 Å². The van der Waals surface area contributed by atoms with Crippen LogP contribution < -0.4 is 10.4 Å². The van der Waals surface area contributed by atoms with Gasteiger partial charge in [0.15, 0.2) is 12.2 Å². The van der Waals surface area contributed by atoms with Gasteiger partial charge < -0.3 is 18.6 Å². The van der Waals surface area contributed by atoms with Crippen molar-refractivity contribution in [2.45, 2.75) is 65.8 Å². The standard InChI is InChI=1S/C24H28O7/c1-7-14(4)23(27)31-24(5,6)22-21(30-20(26)10-13(2)3)16-11-15-8-9-19(25)28-17(15)12-18(16)29-22/h8-12,14,21-22H,7H2,1-6H3/t14-,21-,22+/m1/s1. The highest BCUT2D eigenvalue weighted by atomic mass is 16.6. The van der Waals surface area contributed by atoms with E-state index < -0.39 is 29.4 Å². The third-order valence-electron chi connectivity index (χ3n) is 5.30. The van der Waals surface area contributed by atoms with E-state index >= 15 is 0 Å². The zero-order valence-electron chi connectivity index (χ0n) is 18.7. The molecule has 0 amide bonds. The van der Waals surface area contributed by atoms with Gasteiger partial charge in [0.2, 0.25) is 0 Å². The molecule has 0 fully saturated rings. The SMILES string of the molecule is CC[C@@H](C)C(=O)OC(C)(C)[C@H]1Oc2cc3oc(=O)ccc3cc2[C@H]1OC(=O)C=C(C)C. The number of benzene rings is 1. The molecule has 2 aromatic rings. The minimum Gasteiger partial charge on any atom is -0.481 e. The Hall–Kier alpha value is -3.09. The van der Waals surface area contributed by atoms with Gasteiger partial charge in [-0.1, -0.05) is 19.4 Å². The molecule has 166 valence electrons. The molecule has 1 aliphatic rings. The smallest absolute Gasteiger partial charge is 0.336 e. The fourth-order valence-corrected chi connectivity index (χ4v) is 3.41. The van der Waals surface area contributed by atoms with Gasteiger partial charge in [0.25, 0.3) is 0 Å². The van der Waals surface area contributed by atoms with Crippen LogP contribution in [0.15, 0.2) is 45.1 Å². The van der Waals surface area contributed by atoms with Crippen molar-refractivity contribution in [2.75, 3.05) is 0 Å². The van der Waals surface area contributed by atoms with Gasteiger partial charge in [0, 0.05) is 29.2 Å². The second kappa shape index (κ2) is 8.57. The first-order valence-corrected chi connectivity index (χ1v) is 10.3. The van der Waals surface area contributed by atoms with Gasteiger partial charge in [-0.15, -0.1) is 0 Å². The Morgan fingerprint density at radius 2 is 1.94 bits per heavy atom. The third-order valence-corrected chi connectivity index (χ3v) is 5.30. The summed E-state index contributed by atoms with van der Waals surface area (Å²) in [5.41, 5.74) is 0.202. The first kappa shape index (κ1) is 22.6. The summed E-state index contributed by atoms with van der Waals surface area (Å²) in [7, 11) is 0. The van der Waals surface area contributed by atoms with Gasteiger partial charge in [-0.3, -0.25) is 4.79 Å². The summed E-state index contributed by atoms with van der Waals surface area (Å²) in [6.07, 6.45) is 0.444. The van der Waals surface area contributed by atoms with E-state index in [1.54, 1.807) is 52.8 Å². The second-order valence-corrected chi connectivity index (χ2v) is 8.63. The summed E-state index contributed by atoms with van der Waals surface area (Å²) < 4.78 is 22.9. The minimum absolute atomic E-state index is 0.272. The van der Waals surface area contributed by atoms with E-state index in [1.165, 1.54) is 12.1 Å². The molecule has 1 aromatic heterocycles. The van der Waals surface area contributed by atoms with Crippen LogP contribution in [0.5, 0.6) is 5.75 Å². The fourth-order valence-electron chi connectivity index (χ4n) is 3.41. The highest BCUT2D eigenvalue weighted by molar-refractivity contribution is 5.84. The Labute approximate surface area is 181 Å². The Bertz CT molecular complexity index is 1090. The van der Waals surface area contributed by atoms with Crippen LogP contribution in [0.2, 0.25) is 0 Å². The second-order valence-electron chi connectivity index (χ2n) is 8.63. The summed E-state index contributed by atoms with van der Waals surface area (Å²) in [5.74, 6) is -0.728. The van der Waals surface area contributed by atoms with Gasteiger partial charge in [0.05, 0.1) is 5.92 Å². The lowest BCUT2D eigenvalue weighted by molar-refractivity contribution is -0.179. The van der Waals surface area contributed by atoms with E-state index in [9.17, 15) is 14.4 Å². The van der Waals surface area contributed by atoms with Gasteiger partial charge in [-0.2, -0.15) is 0 Å². The molecule has 1 aromatic carbocycles. The first-order valence-electron chi connectivity index (χ1n) is 10.3. The number of allylic oxidation sites excluding steroid dienone is 1. The van der Waals surface area contributed by atoms with Crippen LogP contribution in [0, 0.1) is 5.92 Å². The van der Waals surface area contributed by atoms with Crippen molar-refractivity contribution in [3.05, 3.63) is 51.9 Å². The minimum atomic E-state index is -1.09. The molecule has 3 rings (SSSR count). The van der Waals surface area contributed by atoms with Crippen LogP contribution in [0.4, 0.5) is 0 Å². The molecule has 0 aliphatic carbocycles. The first-order chi connectivity index (χ1) is 14.5. The molecule has 1 aliphatic heterocycles. The van der Waals surface area contributed by atoms with E-state index in [0.717, 1.165) is 5.57 Å². The molecular formula is C24H28O7. The average Bonchev–Trinajstić information content (AvgIpc) is 3.02. The molecule has 0 spiro atoms. The van der Waals surface area contributed by atoms with Crippen LogP contribution in [0.25, 0.3) is 11.0 Å². The average molecular weight is 428 g/mol. The monoisotopic (exact) mass is 428 g/mol. The summed E-state index contributed by atoms with van der Waals surface area (Å²) in [6.45, 7) is 10.8. The largest absolute Gasteiger partial charge is 0.481 e. The Balaban J connectivity index is 2.03. The molecule has 7 heteroatoms. The van der Waals surface area contributed by atoms with Crippen molar-refractivity contribution in [1.29, 1.82) is 0 Å². The van der Waals surface area contributed by atoms with Crippen molar-refractivity contribution >= 4 is 22.9 Å². The molecule has 0 radical (unpaired) electrons. The number of hydrogen-bond acceptors (Lipinski definition) is 7. The van der Waals surface area contributed by atoms with Crippen molar-refractivity contribution in [3.8, 4) is 5.75 Å². The Morgan fingerprint density at radius 3 is 2.58 bits per heavy atom. The number of ether oxygens (including phenoxy) is 3. The van der Waals surface area contributed by atoms with Crippen LogP contribution in [-0.2, 0) is 19.1 Å². The maximum atomic E-state index is 12.5. The molecule has 0 unspecified atom stereocenters. The van der Waals surface area contributed by atoms with Crippen LogP contribution >= 0.6 is 0 Å². The summed E-state index contributed by atoms with van der Waals surface area (Å²) >= 11 is 0. The number of hydrogen-bond donors (Lipinski definition) is 0. The maximum Gasteiger partial charge on any atom is 0.336 e. The number of carbonyl (C=O) groups excluding carboxylic acids is 2. The molecule has 2 heterocycles. The zero-order valence-corrected chi connectivity index (χ0v) is 18.7. The normalized spacial score (nSPS) is 18.6. The Kier molecular flexibility index (Phi) is 6.25. The molecule has 0 bridgehead atoms.